The summed E-state index contributed by atoms with van der Waals surface area (Å²) in [6.07, 6.45) is 0.0259. The number of hydrogen-bond acceptors (Lipinski definition) is 3. The molecule has 2 aromatic carbocycles. The van der Waals surface area contributed by atoms with Crippen molar-refractivity contribution in [3.8, 4) is 11.3 Å². The van der Waals surface area contributed by atoms with E-state index < -0.39 is 11.7 Å². The summed E-state index contributed by atoms with van der Waals surface area (Å²) in [6.45, 7) is 7.01. The third-order valence-electron chi connectivity index (χ3n) is 4.79. The van der Waals surface area contributed by atoms with Crippen molar-refractivity contribution in [1.82, 2.24) is 14.4 Å². The van der Waals surface area contributed by atoms with Crippen molar-refractivity contribution in [2.45, 2.75) is 6.18 Å². The highest BCUT2D eigenvalue weighted by Gasteiger charge is 2.30. The molecule has 0 radical (unpaired) electrons. The average molecular weight is 421 g/mol. The molecule has 0 N–H and O–H groups in total. The maximum atomic E-state index is 12.9. The molecule has 1 amide bonds. The highest BCUT2D eigenvalue weighted by Crippen LogP contribution is 2.31. The summed E-state index contributed by atoms with van der Waals surface area (Å²) >= 11 is 0. The number of halogens is 3. The topological polar surface area (TPSA) is 54.9 Å². The quantitative estimate of drug-likeness (QED) is 0.425. The first-order valence-electron chi connectivity index (χ1n) is 9.04. The zero-order valence-electron chi connectivity index (χ0n) is 16.1. The van der Waals surface area contributed by atoms with Gasteiger partial charge in [-0.3, -0.25) is 9.20 Å². The van der Waals surface area contributed by atoms with Crippen molar-refractivity contribution in [2.75, 3.05) is 11.9 Å². The number of carbonyl (C=O) groups excluding carboxylic acids is 1. The fourth-order valence-electron chi connectivity index (χ4n) is 3.08. The number of alkyl halides is 3. The predicted molar refractivity (Wildman–Crippen MR) is 109 cm³/mol. The van der Waals surface area contributed by atoms with Gasteiger partial charge in [0.25, 0.3) is 5.91 Å². The van der Waals surface area contributed by atoms with Gasteiger partial charge in [0.05, 0.1) is 30.2 Å². The lowest BCUT2D eigenvalue weighted by atomic mass is 10.1. The minimum absolute atomic E-state index is 0.135. The van der Waals surface area contributed by atoms with Crippen LogP contribution in [0.4, 0.5) is 24.5 Å². The van der Waals surface area contributed by atoms with Crippen LogP contribution in [0.25, 0.3) is 21.7 Å². The first-order valence-corrected chi connectivity index (χ1v) is 9.04. The van der Waals surface area contributed by atoms with Gasteiger partial charge in [0.2, 0.25) is 0 Å². The molecule has 0 bridgehead atoms. The first-order chi connectivity index (χ1) is 14.8. The van der Waals surface area contributed by atoms with Crippen LogP contribution in [0.2, 0.25) is 0 Å². The number of fused-ring (bicyclic) bond motifs is 1. The summed E-state index contributed by atoms with van der Waals surface area (Å²) in [5.41, 5.74) is 1.95. The molecule has 154 valence electrons. The summed E-state index contributed by atoms with van der Waals surface area (Å²) in [5, 5.41) is 0. The molecule has 0 saturated carbocycles. The molecule has 4 rings (SSSR count). The Morgan fingerprint density at radius 1 is 1.03 bits per heavy atom. The molecule has 9 heteroatoms. The fourth-order valence-corrected chi connectivity index (χ4v) is 3.08. The van der Waals surface area contributed by atoms with Gasteiger partial charge in [-0.15, -0.1) is 0 Å². The van der Waals surface area contributed by atoms with Crippen LogP contribution in [-0.2, 0) is 6.18 Å². The number of nitrogens with zero attached hydrogens (tertiary/aromatic N) is 5. The third kappa shape index (κ3) is 3.83. The monoisotopic (exact) mass is 421 g/mol. The van der Waals surface area contributed by atoms with Gasteiger partial charge in [-0.1, -0.05) is 24.3 Å². The van der Waals surface area contributed by atoms with E-state index in [1.54, 1.807) is 35.7 Å². The third-order valence-corrected chi connectivity index (χ3v) is 4.79. The number of rotatable bonds is 3. The fraction of sp³-hybridized carbons (Fsp3) is 0.0909. The Morgan fingerprint density at radius 3 is 2.32 bits per heavy atom. The Labute approximate surface area is 175 Å². The molecule has 31 heavy (non-hydrogen) atoms. The Hall–Kier alpha value is -4.19. The Kier molecular flexibility index (Phi) is 4.91. The number of anilines is 1. The van der Waals surface area contributed by atoms with Crippen molar-refractivity contribution >= 4 is 22.9 Å². The smallest absolute Gasteiger partial charge is 0.310 e. The molecular formula is C22H14F3N5O. The van der Waals surface area contributed by atoms with Gasteiger partial charge >= 0.3 is 6.18 Å². The van der Waals surface area contributed by atoms with Crippen LogP contribution >= 0.6 is 0 Å². The summed E-state index contributed by atoms with van der Waals surface area (Å²) < 4.78 is 40.1. The number of imidazole rings is 1. The molecule has 0 aliphatic carbocycles. The van der Waals surface area contributed by atoms with Gasteiger partial charge in [0, 0.05) is 24.5 Å². The number of amides is 1. The van der Waals surface area contributed by atoms with Crippen LogP contribution in [0.3, 0.4) is 0 Å². The summed E-state index contributed by atoms with van der Waals surface area (Å²) in [5.74, 6) is -0.385. The lowest BCUT2D eigenvalue weighted by molar-refractivity contribution is -0.137. The highest BCUT2D eigenvalue weighted by molar-refractivity contribution is 6.04. The summed E-state index contributed by atoms with van der Waals surface area (Å²) in [6, 6.07) is 11.3. The van der Waals surface area contributed by atoms with Crippen LogP contribution in [0.1, 0.15) is 16.1 Å². The van der Waals surface area contributed by atoms with E-state index in [-0.39, 0.29) is 11.6 Å². The Morgan fingerprint density at radius 2 is 1.71 bits per heavy atom. The minimum Gasteiger partial charge on any atom is -0.310 e. The van der Waals surface area contributed by atoms with Gasteiger partial charge in [-0.25, -0.2) is 14.8 Å². The molecule has 6 nitrogen and oxygen atoms in total. The lowest BCUT2D eigenvalue weighted by Gasteiger charge is -2.17. The minimum atomic E-state index is -4.42. The highest BCUT2D eigenvalue weighted by atomic mass is 19.4. The van der Waals surface area contributed by atoms with E-state index in [0.29, 0.717) is 28.3 Å². The SMILES string of the molecule is [C-]#[N+]c1ccc(N(C)C(=O)c2cn3c(-c4ccc(C(F)(F)F)cc4)cnc3cn2)cc1. The lowest BCUT2D eigenvalue weighted by Crippen LogP contribution is -2.27. The van der Waals surface area contributed by atoms with E-state index in [1.807, 2.05) is 0 Å². The molecule has 0 atom stereocenters. The molecule has 0 aliphatic rings. The zero-order valence-corrected chi connectivity index (χ0v) is 16.1. The van der Waals surface area contributed by atoms with Crippen LogP contribution in [0, 0.1) is 6.57 Å². The molecular weight excluding hydrogens is 407 g/mol. The second-order valence-electron chi connectivity index (χ2n) is 6.71. The normalized spacial score (nSPS) is 11.3. The summed E-state index contributed by atoms with van der Waals surface area (Å²) in [4.78, 5) is 26.0. The van der Waals surface area contributed by atoms with Crippen molar-refractivity contribution in [3.05, 3.63) is 89.8 Å². The van der Waals surface area contributed by atoms with E-state index in [4.69, 9.17) is 6.57 Å². The van der Waals surface area contributed by atoms with Gasteiger partial charge < -0.3 is 4.90 Å². The van der Waals surface area contributed by atoms with Crippen molar-refractivity contribution in [3.63, 3.8) is 0 Å². The molecule has 2 aromatic heterocycles. The first kappa shape index (κ1) is 20.1. The molecule has 0 aliphatic heterocycles. The second-order valence-corrected chi connectivity index (χ2v) is 6.71. The zero-order chi connectivity index (χ0) is 22.2. The van der Waals surface area contributed by atoms with E-state index in [9.17, 15) is 18.0 Å². The Bertz CT molecular complexity index is 1300. The molecule has 0 saturated heterocycles. The largest absolute Gasteiger partial charge is 0.416 e. The molecule has 0 spiro atoms. The van der Waals surface area contributed by atoms with Crippen molar-refractivity contribution in [1.29, 1.82) is 0 Å². The van der Waals surface area contributed by atoms with E-state index in [1.165, 1.54) is 35.6 Å². The standard InChI is InChI=1S/C22H14F3N5O/c1-26-16-7-9-17(10-8-16)29(2)21(31)18-13-30-19(11-28-20(30)12-27-18)14-3-5-15(6-4-14)22(23,24)25/h3-13H,2H3. The Balaban J connectivity index is 1.67. The van der Waals surface area contributed by atoms with Gasteiger partial charge in [0.15, 0.2) is 11.3 Å². The molecule has 0 fully saturated rings. The van der Waals surface area contributed by atoms with Crippen molar-refractivity contribution < 1.29 is 18.0 Å². The number of benzene rings is 2. The predicted octanol–water partition coefficient (Wildman–Crippen LogP) is 5.24. The van der Waals surface area contributed by atoms with Gasteiger partial charge in [-0.2, -0.15) is 13.2 Å². The maximum absolute atomic E-state index is 12.9. The van der Waals surface area contributed by atoms with E-state index >= 15 is 0 Å². The average Bonchev–Trinajstić information content (AvgIpc) is 3.21. The van der Waals surface area contributed by atoms with Crippen LogP contribution in [0.15, 0.2) is 67.1 Å². The van der Waals surface area contributed by atoms with Crippen LogP contribution < -0.4 is 4.90 Å². The summed E-state index contributed by atoms with van der Waals surface area (Å²) in [7, 11) is 1.59. The maximum Gasteiger partial charge on any atom is 0.416 e. The van der Waals surface area contributed by atoms with Crippen LogP contribution in [0.5, 0.6) is 0 Å². The van der Waals surface area contributed by atoms with E-state index in [2.05, 4.69) is 14.8 Å². The molecule has 4 aromatic rings. The van der Waals surface area contributed by atoms with Crippen molar-refractivity contribution in [2.24, 2.45) is 0 Å². The molecule has 2 heterocycles. The number of aromatic nitrogens is 3. The molecule has 0 unspecified atom stereocenters. The van der Waals surface area contributed by atoms with Gasteiger partial charge in [0.1, 0.15) is 5.69 Å². The van der Waals surface area contributed by atoms with Crippen LogP contribution in [-0.4, -0.2) is 27.3 Å². The van der Waals surface area contributed by atoms with E-state index in [0.717, 1.165) is 12.1 Å². The number of carbonyl (C=O) groups is 1. The number of hydrogen-bond donors (Lipinski definition) is 0. The second kappa shape index (κ2) is 7.57. The van der Waals surface area contributed by atoms with Gasteiger partial charge in [-0.05, 0) is 24.3 Å².